The number of halogens is 1. The molecule has 134 valence electrons. The van der Waals surface area contributed by atoms with Crippen molar-refractivity contribution in [2.24, 2.45) is 0 Å². The highest BCUT2D eigenvalue weighted by Gasteiger charge is 2.30. The lowest BCUT2D eigenvalue weighted by Crippen LogP contribution is -2.49. The van der Waals surface area contributed by atoms with Crippen LogP contribution >= 0.6 is 11.6 Å². The van der Waals surface area contributed by atoms with E-state index in [4.69, 9.17) is 11.6 Å². The molecule has 0 aliphatic carbocycles. The lowest BCUT2D eigenvalue weighted by Gasteiger charge is -2.37. The summed E-state index contributed by atoms with van der Waals surface area (Å²) in [5.41, 5.74) is 0.756. The molecule has 0 saturated carbocycles. The van der Waals surface area contributed by atoms with Gasteiger partial charge in [0.2, 0.25) is 10.0 Å². The second kappa shape index (κ2) is 7.33. The average molecular weight is 381 g/mol. The van der Waals surface area contributed by atoms with Crippen LogP contribution in [0.4, 0.5) is 0 Å². The van der Waals surface area contributed by atoms with Crippen LogP contribution in [0, 0.1) is 0 Å². The summed E-state index contributed by atoms with van der Waals surface area (Å²) in [5, 5.41) is 10.6. The first-order chi connectivity index (χ1) is 11.9. The van der Waals surface area contributed by atoms with Crippen molar-refractivity contribution in [1.82, 2.24) is 9.21 Å². The molecule has 0 bridgehead atoms. The molecule has 3 rings (SSSR count). The summed E-state index contributed by atoms with van der Waals surface area (Å²) in [7, 11) is -3.45. The van der Waals surface area contributed by atoms with Crippen LogP contribution in [0.2, 0.25) is 5.02 Å². The Labute approximate surface area is 153 Å². The maximum atomic E-state index is 12.7. The van der Waals surface area contributed by atoms with Crippen LogP contribution in [-0.2, 0) is 10.0 Å². The summed E-state index contributed by atoms with van der Waals surface area (Å²) in [6, 6.07) is 13.5. The summed E-state index contributed by atoms with van der Waals surface area (Å²) >= 11 is 6.03. The Hall–Kier alpha value is -1.60. The Bertz CT molecular complexity index is 835. The third kappa shape index (κ3) is 3.82. The number of aromatic hydroxyl groups is 1. The van der Waals surface area contributed by atoms with Crippen LogP contribution in [0.3, 0.4) is 0 Å². The summed E-state index contributed by atoms with van der Waals surface area (Å²) in [6.07, 6.45) is 0. The number of piperazine rings is 1. The lowest BCUT2D eigenvalue weighted by molar-refractivity contribution is 0.144. The lowest BCUT2D eigenvalue weighted by atomic mass is 10.1. The van der Waals surface area contributed by atoms with Gasteiger partial charge in [-0.1, -0.05) is 29.8 Å². The van der Waals surface area contributed by atoms with E-state index in [0.29, 0.717) is 36.1 Å². The Morgan fingerprint density at radius 1 is 1.04 bits per heavy atom. The van der Waals surface area contributed by atoms with Crippen molar-refractivity contribution >= 4 is 21.6 Å². The molecule has 0 radical (unpaired) electrons. The molecule has 1 unspecified atom stereocenters. The van der Waals surface area contributed by atoms with Crippen molar-refractivity contribution in [3.63, 3.8) is 0 Å². The van der Waals surface area contributed by atoms with Crippen LogP contribution in [0.5, 0.6) is 5.75 Å². The molecule has 2 aromatic rings. The third-order valence-corrected chi connectivity index (χ3v) is 6.79. The highest BCUT2D eigenvalue weighted by Crippen LogP contribution is 2.31. The van der Waals surface area contributed by atoms with Crippen molar-refractivity contribution in [3.05, 3.63) is 59.1 Å². The number of sulfonamides is 1. The molecule has 1 fully saturated rings. The van der Waals surface area contributed by atoms with Gasteiger partial charge in [0, 0.05) is 42.8 Å². The van der Waals surface area contributed by atoms with Crippen LogP contribution in [0.15, 0.2) is 53.4 Å². The number of phenols is 1. The van der Waals surface area contributed by atoms with Crippen LogP contribution < -0.4 is 0 Å². The summed E-state index contributed by atoms with van der Waals surface area (Å²) < 4.78 is 26.9. The molecule has 5 nitrogen and oxygen atoms in total. The van der Waals surface area contributed by atoms with Crippen molar-refractivity contribution in [1.29, 1.82) is 0 Å². The van der Waals surface area contributed by atoms with Gasteiger partial charge in [-0.3, -0.25) is 4.90 Å². The molecule has 0 spiro atoms. The van der Waals surface area contributed by atoms with E-state index in [2.05, 4.69) is 4.90 Å². The van der Waals surface area contributed by atoms with Crippen molar-refractivity contribution in [3.8, 4) is 5.75 Å². The zero-order valence-electron chi connectivity index (χ0n) is 14.0. The van der Waals surface area contributed by atoms with Gasteiger partial charge in [-0.05, 0) is 37.3 Å². The highest BCUT2D eigenvalue weighted by atomic mass is 35.5. The van der Waals surface area contributed by atoms with Crippen LogP contribution in [0.1, 0.15) is 18.5 Å². The standard InChI is InChI=1S/C18H21ClN2O3S/c1-14(17-13-15(19)7-8-18(17)22)20-9-11-21(12-10-20)25(23,24)16-5-3-2-4-6-16/h2-8,13-14,22H,9-12H2,1H3. The van der Waals surface area contributed by atoms with Gasteiger partial charge in [0.15, 0.2) is 0 Å². The van der Waals surface area contributed by atoms with Crippen molar-refractivity contribution < 1.29 is 13.5 Å². The van der Waals surface area contributed by atoms with E-state index in [9.17, 15) is 13.5 Å². The number of hydrogen-bond donors (Lipinski definition) is 1. The maximum absolute atomic E-state index is 12.7. The van der Waals surface area contributed by atoms with E-state index < -0.39 is 10.0 Å². The molecule has 0 aromatic heterocycles. The second-order valence-electron chi connectivity index (χ2n) is 6.13. The van der Waals surface area contributed by atoms with Gasteiger partial charge in [0.05, 0.1) is 4.90 Å². The number of benzene rings is 2. The van der Waals surface area contributed by atoms with Crippen molar-refractivity contribution in [2.75, 3.05) is 26.2 Å². The van der Waals surface area contributed by atoms with Crippen molar-refractivity contribution in [2.45, 2.75) is 17.9 Å². The fourth-order valence-corrected chi connectivity index (χ4v) is 4.75. The molecule has 1 saturated heterocycles. The Balaban J connectivity index is 1.70. The number of hydrogen-bond acceptors (Lipinski definition) is 4. The predicted octanol–water partition coefficient (Wildman–Crippen LogP) is 3.11. The van der Waals surface area contributed by atoms with Gasteiger partial charge in [-0.15, -0.1) is 0 Å². The van der Waals surface area contributed by atoms with Crippen LogP contribution in [-0.4, -0.2) is 48.9 Å². The van der Waals surface area contributed by atoms with Gasteiger partial charge < -0.3 is 5.11 Å². The Kier molecular flexibility index (Phi) is 5.34. The number of phenolic OH excluding ortho intramolecular Hbond substituents is 1. The molecular weight excluding hydrogens is 360 g/mol. The van der Waals surface area contributed by atoms with Gasteiger partial charge in [0.1, 0.15) is 5.75 Å². The van der Waals surface area contributed by atoms with Gasteiger partial charge in [-0.2, -0.15) is 4.31 Å². The molecule has 1 atom stereocenters. The van der Waals surface area contributed by atoms with E-state index in [1.807, 2.05) is 6.92 Å². The predicted molar refractivity (Wildman–Crippen MR) is 98.3 cm³/mol. The second-order valence-corrected chi connectivity index (χ2v) is 8.51. The molecular formula is C18H21ClN2O3S. The topological polar surface area (TPSA) is 60.9 Å². The van der Waals surface area contributed by atoms with E-state index in [1.54, 1.807) is 48.5 Å². The molecule has 25 heavy (non-hydrogen) atoms. The van der Waals surface area contributed by atoms with E-state index in [-0.39, 0.29) is 11.8 Å². The largest absolute Gasteiger partial charge is 0.508 e. The van der Waals surface area contributed by atoms with Crippen LogP contribution in [0.25, 0.3) is 0 Å². The minimum atomic E-state index is -3.45. The normalized spacial score (nSPS) is 18.2. The number of nitrogens with zero attached hydrogens (tertiary/aromatic N) is 2. The first-order valence-corrected chi connectivity index (χ1v) is 9.99. The van der Waals surface area contributed by atoms with Gasteiger partial charge in [0.25, 0.3) is 0 Å². The molecule has 7 heteroatoms. The summed E-state index contributed by atoms with van der Waals surface area (Å²) in [4.78, 5) is 2.48. The highest BCUT2D eigenvalue weighted by molar-refractivity contribution is 7.89. The quantitative estimate of drug-likeness (QED) is 0.885. The number of rotatable bonds is 4. The summed E-state index contributed by atoms with van der Waals surface area (Å²) in [5.74, 6) is 0.205. The SMILES string of the molecule is CC(c1cc(Cl)ccc1O)N1CCN(S(=O)(=O)c2ccccc2)CC1. The fourth-order valence-electron chi connectivity index (χ4n) is 3.13. The van der Waals surface area contributed by atoms with Gasteiger partial charge >= 0.3 is 0 Å². The average Bonchev–Trinajstić information content (AvgIpc) is 2.64. The van der Waals surface area contributed by atoms with Gasteiger partial charge in [-0.25, -0.2) is 8.42 Å². The fraction of sp³-hybridized carbons (Fsp3) is 0.333. The van der Waals surface area contributed by atoms with E-state index in [1.165, 1.54) is 4.31 Å². The van der Waals surface area contributed by atoms with E-state index in [0.717, 1.165) is 5.56 Å². The molecule has 1 aliphatic heterocycles. The zero-order valence-corrected chi connectivity index (χ0v) is 15.5. The van der Waals surface area contributed by atoms with E-state index >= 15 is 0 Å². The Morgan fingerprint density at radius 2 is 1.68 bits per heavy atom. The zero-order chi connectivity index (χ0) is 18.0. The molecule has 0 amide bonds. The third-order valence-electron chi connectivity index (χ3n) is 4.64. The molecule has 1 aliphatic rings. The smallest absolute Gasteiger partial charge is 0.243 e. The first-order valence-electron chi connectivity index (χ1n) is 8.17. The first kappa shape index (κ1) is 18.2. The molecule has 1 N–H and O–H groups in total. The molecule has 2 aromatic carbocycles. The monoisotopic (exact) mass is 380 g/mol. The minimum absolute atomic E-state index is 0.0414. The molecule has 1 heterocycles. The minimum Gasteiger partial charge on any atom is -0.508 e. The maximum Gasteiger partial charge on any atom is 0.243 e. The summed E-state index contributed by atoms with van der Waals surface area (Å²) in [6.45, 7) is 4.02. The Morgan fingerprint density at radius 3 is 2.32 bits per heavy atom.